The van der Waals surface area contributed by atoms with E-state index in [9.17, 15) is 24.4 Å². The summed E-state index contributed by atoms with van der Waals surface area (Å²) in [5, 5.41) is 13.9. The van der Waals surface area contributed by atoms with Crippen LogP contribution in [0, 0.1) is 35.0 Å². The van der Waals surface area contributed by atoms with E-state index >= 15 is 4.79 Å². The number of nitrogens with one attached hydrogen (secondary N) is 1. The highest BCUT2D eigenvalue weighted by molar-refractivity contribution is 7.46. The van der Waals surface area contributed by atoms with Crippen LogP contribution in [-0.4, -0.2) is 51.1 Å². The van der Waals surface area contributed by atoms with Gasteiger partial charge in [0.05, 0.1) is 41.5 Å². The Balaban J connectivity index is 1.57. The number of nitriles is 1. The first-order valence-corrected chi connectivity index (χ1v) is 20.7. The Morgan fingerprint density at radius 3 is 2.43 bits per heavy atom. The van der Waals surface area contributed by atoms with Gasteiger partial charge in [0.15, 0.2) is 22.7 Å². The number of Topliss-reactive ketones (excluding diaryl/α,β-unsaturated/α-hetero) is 1. The van der Waals surface area contributed by atoms with Gasteiger partial charge in [-0.2, -0.15) is 5.26 Å². The van der Waals surface area contributed by atoms with Gasteiger partial charge in [-0.25, -0.2) is 9.36 Å². The molecule has 7 aliphatic rings. The quantitative estimate of drug-likeness (QED) is 0.0861. The van der Waals surface area contributed by atoms with Crippen LogP contribution in [0.15, 0.2) is 52.4 Å². The fourth-order valence-electron chi connectivity index (χ4n) is 10.5. The lowest BCUT2D eigenvalue weighted by atomic mass is 9.41. The van der Waals surface area contributed by atoms with Crippen LogP contribution in [0.25, 0.3) is 6.08 Å². The normalized spacial score (nSPS) is 32.8. The molecule has 13 nitrogen and oxygen atoms in total. The number of esters is 1. The van der Waals surface area contributed by atoms with Gasteiger partial charge in [0.25, 0.3) is 0 Å². The highest BCUT2D eigenvalue weighted by Crippen LogP contribution is 2.75. The van der Waals surface area contributed by atoms with Crippen LogP contribution in [0.4, 0.5) is 0 Å². The molecule has 3 saturated carbocycles. The third kappa shape index (κ3) is 5.86. The Labute approximate surface area is 327 Å². The molecule has 8 rings (SSSR count). The molecule has 5 N–H and O–H groups in total. The third-order valence-electron chi connectivity index (χ3n) is 12.7. The van der Waals surface area contributed by atoms with Gasteiger partial charge < -0.3 is 34.5 Å². The van der Waals surface area contributed by atoms with Crippen molar-refractivity contribution < 1.29 is 47.4 Å². The molecular formula is C42H52N3O10P. The van der Waals surface area contributed by atoms with Crippen molar-refractivity contribution in [2.24, 2.45) is 29.4 Å². The number of ketones is 1. The number of allylic oxidation sites excluding steroid dienone is 5. The lowest BCUT2D eigenvalue weighted by Gasteiger charge is -2.66. The van der Waals surface area contributed by atoms with Crippen LogP contribution in [0.5, 0.6) is 17.2 Å². The predicted molar refractivity (Wildman–Crippen MR) is 207 cm³/mol. The number of rotatable bonds is 10. The lowest BCUT2D eigenvalue weighted by molar-refractivity contribution is -0.224. The van der Waals surface area contributed by atoms with Crippen molar-refractivity contribution in [2.45, 2.75) is 116 Å². The molecule has 300 valence electrons. The summed E-state index contributed by atoms with van der Waals surface area (Å²) in [5.74, 6) is -2.83. The van der Waals surface area contributed by atoms with Crippen molar-refractivity contribution in [2.75, 3.05) is 7.11 Å². The van der Waals surface area contributed by atoms with Gasteiger partial charge in [-0.3, -0.25) is 14.6 Å². The summed E-state index contributed by atoms with van der Waals surface area (Å²) in [6.07, 6.45) is 11.4. The number of phosphoric ester groups is 1. The minimum absolute atomic E-state index is 0.0304. The van der Waals surface area contributed by atoms with Crippen molar-refractivity contribution in [3.63, 3.8) is 0 Å². The predicted octanol–water partition coefficient (Wildman–Crippen LogP) is 6.56. The van der Waals surface area contributed by atoms with Crippen LogP contribution in [0.3, 0.4) is 0 Å². The highest BCUT2D eigenvalue weighted by Gasteiger charge is 2.86. The van der Waals surface area contributed by atoms with E-state index in [1.807, 2.05) is 60.6 Å². The molecular weight excluding hydrogens is 737 g/mol. The molecule has 3 aliphatic carbocycles. The topological polar surface area (TPSA) is 200 Å². The average Bonchev–Trinajstić information content (AvgIpc) is 3.25. The Bertz CT molecular complexity index is 2170. The minimum atomic E-state index is -5.22. The molecule has 4 fully saturated rings. The number of nitrogens with two attached hydrogens (primary N) is 1. The van der Waals surface area contributed by atoms with Gasteiger partial charge in [-0.05, 0) is 93.2 Å². The average molecular weight is 790 g/mol. The molecule has 14 heteroatoms. The zero-order valence-corrected chi connectivity index (χ0v) is 34.3. The van der Waals surface area contributed by atoms with E-state index < -0.39 is 65.9 Å². The van der Waals surface area contributed by atoms with E-state index in [-0.39, 0.29) is 40.7 Å². The molecule has 8 atom stereocenters. The summed E-state index contributed by atoms with van der Waals surface area (Å²) in [6, 6.07) is 1.41. The number of nitrogens with zero attached hydrogens (tertiary/aromatic N) is 1. The zero-order chi connectivity index (χ0) is 40.9. The van der Waals surface area contributed by atoms with Crippen molar-refractivity contribution in [1.29, 1.82) is 5.26 Å². The largest absolute Gasteiger partial charge is 0.524 e. The first-order chi connectivity index (χ1) is 26.1. The van der Waals surface area contributed by atoms with Gasteiger partial charge in [0.1, 0.15) is 22.9 Å². The first-order valence-electron chi connectivity index (χ1n) is 19.1. The van der Waals surface area contributed by atoms with E-state index in [0.717, 1.165) is 12.0 Å². The summed E-state index contributed by atoms with van der Waals surface area (Å²) in [7, 11) is -3.93. The lowest BCUT2D eigenvalue weighted by Crippen LogP contribution is -2.80. The number of carbonyl (C=O) groups excluding carboxylic acids is 2. The molecule has 1 saturated heterocycles. The maximum atomic E-state index is 15.2. The molecule has 0 radical (unpaired) electrons. The van der Waals surface area contributed by atoms with Crippen LogP contribution in [0.1, 0.15) is 104 Å². The zero-order valence-electron chi connectivity index (χ0n) is 33.4. The second kappa shape index (κ2) is 13.4. The summed E-state index contributed by atoms with van der Waals surface area (Å²) in [6.45, 7) is 15.4. The van der Waals surface area contributed by atoms with Gasteiger partial charge in [-0.15, -0.1) is 0 Å². The molecule has 4 bridgehead atoms. The number of phosphoric acid groups is 1. The second-order valence-corrected chi connectivity index (χ2v) is 18.5. The first kappa shape index (κ1) is 39.9. The number of ether oxygens (including phenoxy) is 4. The number of fused-ring (bicyclic) bond motifs is 3. The standard InChI is InChI=1S/C42H52N3O10P/c1-21(2)11-10-16-40(8)17-15-25-33(52-40)24(13-12-22(3)4)34-30(35(25)54-56(48,49)50)32-31-29(27(20-43)37(44)45-32)26-19-28-39(6,7)55-41(36(26)46,42(28,31)53-34)18-14-23(5)38(47)51-9/h11-12,14-15,17,26,28-29,31-32,45H,10,13,16,18-19,44H2,1-9H3,(H2,48,49,50)/b23-14-. The van der Waals surface area contributed by atoms with E-state index in [1.54, 1.807) is 19.1 Å². The van der Waals surface area contributed by atoms with Crippen LogP contribution in [0.2, 0.25) is 0 Å². The van der Waals surface area contributed by atoms with E-state index in [4.69, 9.17) is 29.2 Å². The fraction of sp³-hybridized carbons (Fsp3) is 0.548. The molecule has 1 spiro atoms. The molecule has 56 heavy (non-hydrogen) atoms. The number of carbonyl (C=O) groups is 2. The molecule has 0 amide bonds. The van der Waals surface area contributed by atoms with Crippen LogP contribution < -0.4 is 25.0 Å². The van der Waals surface area contributed by atoms with Crippen molar-refractivity contribution >= 4 is 25.7 Å². The summed E-state index contributed by atoms with van der Waals surface area (Å²) in [4.78, 5) is 48.8. The van der Waals surface area contributed by atoms with Gasteiger partial charge in [-0.1, -0.05) is 29.4 Å². The Morgan fingerprint density at radius 1 is 1.11 bits per heavy atom. The number of benzene rings is 1. The number of hydrogen-bond acceptors (Lipinski definition) is 11. The van der Waals surface area contributed by atoms with Gasteiger partial charge in [0, 0.05) is 41.2 Å². The third-order valence-corrected chi connectivity index (χ3v) is 13.2. The monoisotopic (exact) mass is 789 g/mol. The summed E-state index contributed by atoms with van der Waals surface area (Å²) >= 11 is 0. The van der Waals surface area contributed by atoms with Crippen molar-refractivity contribution in [3.05, 3.63) is 69.1 Å². The maximum absolute atomic E-state index is 15.2. The number of hydrogen-bond donors (Lipinski definition) is 4. The second-order valence-electron chi connectivity index (χ2n) is 17.3. The SMILES string of the molecule is COC(=O)/C(C)=C\CC12OC(C)(C)C3CC(C1=O)C1C(C#N)=C(N)NC4c5c(OP(=O)(O)O)c6c(c(CC=C(C)C)c5OC32C41)OC(C)(CCC=C(C)C)C=C6. The summed E-state index contributed by atoms with van der Waals surface area (Å²) < 4.78 is 45.1. The molecule has 0 aromatic heterocycles. The Kier molecular flexibility index (Phi) is 9.52. The molecule has 8 unspecified atom stereocenters. The Morgan fingerprint density at radius 2 is 1.80 bits per heavy atom. The Hall–Kier alpha value is -4.34. The smallest absolute Gasteiger partial charge is 0.482 e. The van der Waals surface area contributed by atoms with Crippen LogP contribution >= 0.6 is 7.82 Å². The van der Waals surface area contributed by atoms with Gasteiger partial charge >= 0.3 is 13.8 Å². The molecule has 4 heterocycles. The van der Waals surface area contributed by atoms with Crippen molar-refractivity contribution in [3.8, 4) is 23.3 Å². The summed E-state index contributed by atoms with van der Waals surface area (Å²) in [5.41, 5.74) is 5.76. The molecule has 1 aromatic carbocycles. The number of methoxy groups -OCH3 is 1. The maximum Gasteiger partial charge on any atom is 0.524 e. The van der Waals surface area contributed by atoms with E-state index in [2.05, 4.69) is 17.5 Å². The van der Waals surface area contributed by atoms with Gasteiger partial charge in [0.2, 0.25) is 0 Å². The van der Waals surface area contributed by atoms with E-state index in [0.29, 0.717) is 41.7 Å². The van der Waals surface area contributed by atoms with Crippen LogP contribution in [-0.2, 0) is 30.0 Å². The molecule has 4 aliphatic heterocycles. The van der Waals surface area contributed by atoms with Crippen molar-refractivity contribution in [1.82, 2.24) is 5.32 Å². The van der Waals surface area contributed by atoms with E-state index in [1.165, 1.54) is 12.7 Å². The minimum Gasteiger partial charge on any atom is -0.482 e. The molecule has 1 aromatic rings. The fourth-order valence-corrected chi connectivity index (χ4v) is 11.0. The highest BCUT2D eigenvalue weighted by atomic mass is 31.2.